The average molecular weight is 332 g/mol. The Morgan fingerprint density at radius 2 is 2.20 bits per heavy atom. The number of rotatable bonds is 3. The van der Waals surface area contributed by atoms with Gasteiger partial charge in [0.2, 0.25) is 0 Å². The molecule has 0 radical (unpaired) electrons. The Balaban J connectivity index is 1.99. The van der Waals surface area contributed by atoms with Crippen LogP contribution in [-0.2, 0) is 6.42 Å². The van der Waals surface area contributed by atoms with Gasteiger partial charge in [-0.15, -0.1) is 0 Å². The average Bonchev–Trinajstić information content (AvgIpc) is 2.48. The second kappa shape index (κ2) is 6.04. The van der Waals surface area contributed by atoms with Crippen molar-refractivity contribution >= 4 is 15.9 Å². The van der Waals surface area contributed by atoms with E-state index in [4.69, 9.17) is 5.84 Å². The number of hydrazine groups is 1. The molecule has 0 fully saturated rings. The Morgan fingerprint density at radius 3 is 3.00 bits per heavy atom. The Bertz CT molecular complexity index is 600. The van der Waals surface area contributed by atoms with Gasteiger partial charge >= 0.3 is 0 Å². The SMILES string of the molecule is NNC(c1cccc(Br)c1)C1CCCc2cccnc21. The van der Waals surface area contributed by atoms with Crippen LogP contribution >= 0.6 is 15.9 Å². The first-order valence-corrected chi connectivity index (χ1v) is 7.74. The van der Waals surface area contributed by atoms with Crippen molar-refractivity contribution in [1.82, 2.24) is 10.4 Å². The van der Waals surface area contributed by atoms with E-state index in [-0.39, 0.29) is 6.04 Å². The number of halogens is 1. The molecule has 0 amide bonds. The third-order valence-electron chi connectivity index (χ3n) is 4.03. The summed E-state index contributed by atoms with van der Waals surface area (Å²) in [6, 6.07) is 12.6. The van der Waals surface area contributed by atoms with E-state index < -0.39 is 0 Å². The zero-order valence-corrected chi connectivity index (χ0v) is 12.8. The number of nitrogens with two attached hydrogens (primary N) is 1. The van der Waals surface area contributed by atoms with E-state index in [0.29, 0.717) is 5.92 Å². The summed E-state index contributed by atoms with van der Waals surface area (Å²) in [7, 11) is 0. The Hall–Kier alpha value is -1.23. The first kappa shape index (κ1) is 13.7. The predicted octanol–water partition coefficient (Wildman–Crippen LogP) is 3.47. The number of hydrogen-bond acceptors (Lipinski definition) is 3. The lowest BCUT2D eigenvalue weighted by atomic mass is 9.80. The highest BCUT2D eigenvalue weighted by atomic mass is 79.9. The van der Waals surface area contributed by atoms with Gasteiger partial charge in [0.1, 0.15) is 0 Å². The van der Waals surface area contributed by atoms with Crippen LogP contribution in [0.2, 0.25) is 0 Å². The molecule has 3 rings (SSSR count). The van der Waals surface area contributed by atoms with Gasteiger partial charge in [-0.3, -0.25) is 16.3 Å². The van der Waals surface area contributed by atoms with Crippen LogP contribution < -0.4 is 11.3 Å². The van der Waals surface area contributed by atoms with Crippen LogP contribution in [0.4, 0.5) is 0 Å². The summed E-state index contributed by atoms with van der Waals surface area (Å²) in [5.74, 6) is 6.18. The Labute approximate surface area is 127 Å². The number of aromatic nitrogens is 1. The first-order chi connectivity index (χ1) is 9.79. The van der Waals surface area contributed by atoms with Gasteiger partial charge in [-0.25, -0.2) is 0 Å². The van der Waals surface area contributed by atoms with E-state index in [9.17, 15) is 0 Å². The molecule has 104 valence electrons. The molecule has 20 heavy (non-hydrogen) atoms. The quantitative estimate of drug-likeness (QED) is 0.668. The minimum absolute atomic E-state index is 0.0986. The number of pyridine rings is 1. The van der Waals surface area contributed by atoms with Gasteiger partial charge in [0, 0.05) is 22.3 Å². The number of fused-ring (bicyclic) bond motifs is 1. The van der Waals surface area contributed by atoms with E-state index in [1.54, 1.807) is 0 Å². The van der Waals surface area contributed by atoms with Gasteiger partial charge in [0.25, 0.3) is 0 Å². The molecule has 1 aromatic carbocycles. The molecule has 2 aromatic rings. The molecule has 1 aliphatic carbocycles. The van der Waals surface area contributed by atoms with E-state index >= 15 is 0 Å². The molecule has 4 heteroatoms. The van der Waals surface area contributed by atoms with Crippen LogP contribution in [0.5, 0.6) is 0 Å². The van der Waals surface area contributed by atoms with Gasteiger partial charge in [-0.1, -0.05) is 34.1 Å². The molecule has 0 bridgehead atoms. The van der Waals surface area contributed by atoms with Gasteiger partial charge in [-0.2, -0.15) is 0 Å². The van der Waals surface area contributed by atoms with Gasteiger partial charge < -0.3 is 0 Å². The van der Waals surface area contributed by atoms with Crippen molar-refractivity contribution in [1.29, 1.82) is 0 Å². The third-order valence-corrected chi connectivity index (χ3v) is 4.52. The zero-order chi connectivity index (χ0) is 13.9. The van der Waals surface area contributed by atoms with Crippen LogP contribution in [0.15, 0.2) is 47.1 Å². The molecule has 3 N–H and O–H groups in total. The highest BCUT2D eigenvalue weighted by Gasteiger charge is 2.29. The fourth-order valence-electron chi connectivity index (χ4n) is 3.11. The minimum atomic E-state index is 0.0986. The zero-order valence-electron chi connectivity index (χ0n) is 11.2. The summed E-state index contributed by atoms with van der Waals surface area (Å²) in [5.41, 5.74) is 6.75. The fourth-order valence-corrected chi connectivity index (χ4v) is 3.53. The van der Waals surface area contributed by atoms with Crippen molar-refractivity contribution in [3.63, 3.8) is 0 Å². The topological polar surface area (TPSA) is 50.9 Å². The number of benzene rings is 1. The minimum Gasteiger partial charge on any atom is -0.271 e. The summed E-state index contributed by atoms with van der Waals surface area (Å²) in [5, 5.41) is 0. The fraction of sp³-hybridized carbons (Fsp3) is 0.312. The van der Waals surface area contributed by atoms with Crippen molar-refractivity contribution in [3.8, 4) is 0 Å². The Morgan fingerprint density at radius 1 is 1.30 bits per heavy atom. The highest BCUT2D eigenvalue weighted by Crippen LogP contribution is 2.39. The molecule has 0 saturated heterocycles. The summed E-state index contributed by atoms with van der Waals surface area (Å²) >= 11 is 3.53. The lowest BCUT2D eigenvalue weighted by Crippen LogP contribution is -2.34. The monoisotopic (exact) mass is 331 g/mol. The normalized spacial score (nSPS) is 19.4. The second-order valence-corrected chi connectivity index (χ2v) is 6.16. The van der Waals surface area contributed by atoms with Crippen molar-refractivity contribution < 1.29 is 0 Å². The summed E-state index contributed by atoms with van der Waals surface area (Å²) < 4.78 is 1.08. The molecule has 1 aliphatic rings. The highest BCUT2D eigenvalue weighted by molar-refractivity contribution is 9.10. The van der Waals surface area contributed by atoms with Crippen molar-refractivity contribution in [2.75, 3.05) is 0 Å². The third kappa shape index (κ3) is 2.64. The van der Waals surface area contributed by atoms with Crippen molar-refractivity contribution in [2.24, 2.45) is 5.84 Å². The van der Waals surface area contributed by atoms with E-state index in [1.807, 2.05) is 24.4 Å². The lowest BCUT2D eigenvalue weighted by molar-refractivity contribution is 0.400. The van der Waals surface area contributed by atoms with Crippen molar-refractivity contribution in [3.05, 3.63) is 63.9 Å². The number of nitrogens with zero attached hydrogens (tertiary/aromatic N) is 1. The van der Waals surface area contributed by atoms with E-state index in [1.165, 1.54) is 23.2 Å². The van der Waals surface area contributed by atoms with Crippen LogP contribution in [-0.4, -0.2) is 4.98 Å². The maximum atomic E-state index is 5.85. The first-order valence-electron chi connectivity index (χ1n) is 6.95. The molecule has 0 spiro atoms. The standard InChI is InChI=1S/C16H18BrN3/c17-13-7-1-5-12(10-13)16(20-18)14-8-2-4-11-6-3-9-19-15(11)14/h1,3,5-7,9-10,14,16,20H,2,4,8,18H2. The number of hydrogen-bond donors (Lipinski definition) is 2. The molecular weight excluding hydrogens is 314 g/mol. The van der Waals surface area contributed by atoms with Crippen molar-refractivity contribution in [2.45, 2.75) is 31.2 Å². The summed E-state index contributed by atoms with van der Waals surface area (Å²) in [4.78, 5) is 4.61. The summed E-state index contributed by atoms with van der Waals surface area (Å²) in [6.45, 7) is 0. The molecule has 3 nitrogen and oxygen atoms in total. The van der Waals surface area contributed by atoms with Crippen LogP contribution in [0.25, 0.3) is 0 Å². The lowest BCUT2D eigenvalue weighted by Gasteiger charge is -2.31. The van der Waals surface area contributed by atoms with Crippen LogP contribution in [0.1, 0.15) is 41.6 Å². The van der Waals surface area contributed by atoms with Gasteiger partial charge in [-0.05, 0) is 48.6 Å². The molecular formula is C16H18BrN3. The molecule has 2 atom stereocenters. The maximum absolute atomic E-state index is 5.85. The van der Waals surface area contributed by atoms with Gasteiger partial charge in [0.05, 0.1) is 6.04 Å². The summed E-state index contributed by atoms with van der Waals surface area (Å²) in [6.07, 6.45) is 5.31. The molecule has 1 aromatic heterocycles. The molecule has 0 saturated carbocycles. The van der Waals surface area contributed by atoms with Crippen LogP contribution in [0, 0.1) is 0 Å². The predicted molar refractivity (Wildman–Crippen MR) is 84.1 cm³/mol. The van der Waals surface area contributed by atoms with Crippen LogP contribution in [0.3, 0.4) is 0 Å². The van der Waals surface area contributed by atoms with E-state index in [0.717, 1.165) is 17.3 Å². The molecule has 1 heterocycles. The second-order valence-electron chi connectivity index (χ2n) is 5.25. The molecule has 0 aliphatic heterocycles. The number of aryl methyl sites for hydroxylation is 1. The van der Waals surface area contributed by atoms with E-state index in [2.05, 4.69) is 44.5 Å². The largest absolute Gasteiger partial charge is 0.271 e. The Kier molecular flexibility index (Phi) is 4.15. The van der Waals surface area contributed by atoms with Gasteiger partial charge in [0.15, 0.2) is 0 Å². The maximum Gasteiger partial charge on any atom is 0.0544 e. The smallest absolute Gasteiger partial charge is 0.0544 e. The number of nitrogens with one attached hydrogen (secondary N) is 1. The molecule has 2 unspecified atom stereocenters.